The number of hydrogen-bond acceptors (Lipinski definition) is 4. The van der Waals surface area contributed by atoms with E-state index >= 15 is 0 Å². The lowest BCUT2D eigenvalue weighted by Crippen LogP contribution is -2.41. The quantitative estimate of drug-likeness (QED) is 0.512. The molecule has 0 saturated heterocycles. The minimum Gasteiger partial charge on any atom is -0.480 e. The minimum atomic E-state index is -1.04. The normalized spacial score (nSPS) is 13.6. The summed E-state index contributed by atoms with van der Waals surface area (Å²) in [5, 5.41) is 15.2. The van der Waals surface area contributed by atoms with Crippen molar-refractivity contribution in [2.24, 2.45) is 0 Å². The van der Waals surface area contributed by atoms with Crippen LogP contribution >= 0.6 is 0 Å². The lowest BCUT2D eigenvalue weighted by atomic mass is 9.98. The number of carboxylic acids is 1. The molecule has 2 aromatic carbocycles. The maximum Gasteiger partial charge on any atom is 0.407 e. The van der Waals surface area contributed by atoms with E-state index in [4.69, 9.17) is 4.74 Å². The molecular formula is C24H30N2O4. The highest BCUT2D eigenvalue weighted by Crippen LogP contribution is 2.44. The van der Waals surface area contributed by atoms with Crippen LogP contribution in [0.25, 0.3) is 11.1 Å². The molecule has 0 aliphatic heterocycles. The summed E-state index contributed by atoms with van der Waals surface area (Å²) >= 11 is 0. The molecule has 0 heterocycles. The first-order chi connectivity index (χ1) is 14.5. The fourth-order valence-corrected chi connectivity index (χ4v) is 3.90. The van der Waals surface area contributed by atoms with Gasteiger partial charge < -0.3 is 20.5 Å². The van der Waals surface area contributed by atoms with Gasteiger partial charge in [0, 0.05) is 12.0 Å². The van der Waals surface area contributed by atoms with E-state index in [2.05, 4.69) is 36.6 Å². The minimum absolute atomic E-state index is 0.0477. The van der Waals surface area contributed by atoms with Crippen molar-refractivity contribution in [3.05, 3.63) is 59.7 Å². The van der Waals surface area contributed by atoms with Crippen molar-refractivity contribution >= 4 is 12.1 Å². The predicted octanol–water partition coefficient (Wildman–Crippen LogP) is 4.15. The van der Waals surface area contributed by atoms with E-state index in [1.165, 1.54) is 0 Å². The molecule has 0 fully saturated rings. The Hall–Kier alpha value is -2.86. The topological polar surface area (TPSA) is 87.7 Å². The van der Waals surface area contributed by atoms with E-state index in [1.54, 1.807) is 0 Å². The zero-order valence-corrected chi connectivity index (χ0v) is 17.6. The fourth-order valence-electron chi connectivity index (χ4n) is 3.90. The highest BCUT2D eigenvalue weighted by Gasteiger charge is 2.29. The molecule has 6 nitrogen and oxygen atoms in total. The Balaban J connectivity index is 1.54. The third-order valence-electron chi connectivity index (χ3n) is 5.41. The Morgan fingerprint density at radius 2 is 1.60 bits per heavy atom. The second-order valence-electron chi connectivity index (χ2n) is 7.97. The van der Waals surface area contributed by atoms with Crippen LogP contribution in [0.4, 0.5) is 4.79 Å². The van der Waals surface area contributed by atoms with E-state index in [-0.39, 0.29) is 12.5 Å². The molecule has 3 rings (SSSR count). The van der Waals surface area contributed by atoms with Crippen LogP contribution in [0.5, 0.6) is 0 Å². The Bertz CT molecular complexity index is 836. The molecule has 0 spiro atoms. The maximum absolute atomic E-state index is 12.3. The average Bonchev–Trinajstić information content (AvgIpc) is 3.04. The predicted molar refractivity (Wildman–Crippen MR) is 117 cm³/mol. The molecule has 0 bridgehead atoms. The molecule has 30 heavy (non-hydrogen) atoms. The van der Waals surface area contributed by atoms with Crippen molar-refractivity contribution in [3.8, 4) is 11.1 Å². The summed E-state index contributed by atoms with van der Waals surface area (Å²) < 4.78 is 5.45. The van der Waals surface area contributed by atoms with Crippen molar-refractivity contribution in [2.75, 3.05) is 13.2 Å². The standard InChI is InChI=1S/C24H30N2O4/c1-16(2)25-14-8-7-13-22(23(27)28)26-24(29)30-15-21-19-11-5-3-9-17(19)18-10-4-6-12-20(18)21/h3-6,9-12,16,21-22,25H,7-8,13-15H2,1-2H3,(H,26,29)(H,27,28). The van der Waals surface area contributed by atoms with E-state index in [9.17, 15) is 14.7 Å². The van der Waals surface area contributed by atoms with E-state index < -0.39 is 18.1 Å². The molecule has 2 aromatic rings. The summed E-state index contributed by atoms with van der Waals surface area (Å²) in [6, 6.07) is 15.7. The third-order valence-corrected chi connectivity index (χ3v) is 5.41. The Labute approximate surface area is 177 Å². The number of fused-ring (bicyclic) bond motifs is 3. The lowest BCUT2D eigenvalue weighted by Gasteiger charge is -2.17. The summed E-state index contributed by atoms with van der Waals surface area (Å²) in [4.78, 5) is 23.8. The molecule has 0 saturated carbocycles. The molecule has 1 aliphatic rings. The van der Waals surface area contributed by atoms with Crippen LogP contribution in [-0.2, 0) is 9.53 Å². The molecule has 3 N–H and O–H groups in total. The van der Waals surface area contributed by atoms with Crippen molar-refractivity contribution in [1.29, 1.82) is 0 Å². The van der Waals surface area contributed by atoms with Gasteiger partial charge in [-0.25, -0.2) is 9.59 Å². The second kappa shape index (κ2) is 10.3. The summed E-state index contributed by atoms with van der Waals surface area (Å²) in [6.45, 7) is 5.14. The number of nitrogens with one attached hydrogen (secondary N) is 2. The highest BCUT2D eigenvalue weighted by molar-refractivity contribution is 5.81. The van der Waals surface area contributed by atoms with Crippen molar-refractivity contribution in [1.82, 2.24) is 10.6 Å². The molecular weight excluding hydrogens is 380 g/mol. The molecule has 1 aliphatic carbocycles. The number of carbonyl (C=O) groups excluding carboxylic acids is 1. The van der Waals surface area contributed by atoms with Crippen LogP contribution < -0.4 is 10.6 Å². The molecule has 1 amide bonds. The Morgan fingerprint density at radius 1 is 1.00 bits per heavy atom. The van der Waals surface area contributed by atoms with Gasteiger partial charge in [0.2, 0.25) is 0 Å². The first-order valence-electron chi connectivity index (χ1n) is 10.5. The Morgan fingerprint density at radius 3 is 2.17 bits per heavy atom. The number of amides is 1. The van der Waals surface area contributed by atoms with Crippen molar-refractivity contribution in [3.63, 3.8) is 0 Å². The smallest absolute Gasteiger partial charge is 0.407 e. The monoisotopic (exact) mass is 410 g/mol. The van der Waals surface area contributed by atoms with Gasteiger partial charge in [0.05, 0.1) is 0 Å². The number of unbranched alkanes of at least 4 members (excludes halogenated alkanes) is 1. The molecule has 6 heteroatoms. The van der Waals surface area contributed by atoms with Gasteiger partial charge >= 0.3 is 12.1 Å². The summed E-state index contributed by atoms with van der Waals surface area (Å²) in [6.07, 6.45) is 1.25. The third kappa shape index (κ3) is 5.39. The summed E-state index contributed by atoms with van der Waals surface area (Å²) in [5.74, 6) is -1.09. The fraction of sp³-hybridized carbons (Fsp3) is 0.417. The lowest BCUT2D eigenvalue weighted by molar-refractivity contribution is -0.139. The largest absolute Gasteiger partial charge is 0.480 e. The maximum atomic E-state index is 12.3. The van der Waals surface area contributed by atoms with Crippen LogP contribution in [0.15, 0.2) is 48.5 Å². The van der Waals surface area contributed by atoms with Gasteiger partial charge in [0.25, 0.3) is 0 Å². The summed E-state index contributed by atoms with van der Waals surface area (Å²) in [5.41, 5.74) is 4.55. The number of alkyl carbamates (subject to hydrolysis) is 1. The van der Waals surface area contributed by atoms with Crippen LogP contribution in [0.3, 0.4) is 0 Å². The van der Waals surface area contributed by atoms with Crippen LogP contribution in [-0.4, -0.2) is 42.4 Å². The molecule has 0 radical (unpaired) electrons. The van der Waals surface area contributed by atoms with Gasteiger partial charge in [0.1, 0.15) is 12.6 Å². The zero-order valence-electron chi connectivity index (χ0n) is 17.6. The molecule has 1 unspecified atom stereocenters. The van der Waals surface area contributed by atoms with Gasteiger partial charge in [-0.2, -0.15) is 0 Å². The van der Waals surface area contributed by atoms with Gasteiger partial charge in [-0.1, -0.05) is 62.4 Å². The molecule has 0 aromatic heterocycles. The first-order valence-corrected chi connectivity index (χ1v) is 10.5. The SMILES string of the molecule is CC(C)NCCCCC(NC(=O)OCC1c2ccccc2-c2ccccc21)C(=O)O. The number of carboxylic acid groups (broad SMARTS) is 1. The molecule has 1 atom stereocenters. The van der Waals surface area contributed by atoms with Crippen LogP contribution in [0.1, 0.15) is 50.2 Å². The van der Waals surface area contributed by atoms with Gasteiger partial charge in [-0.3, -0.25) is 0 Å². The van der Waals surface area contributed by atoms with Crippen LogP contribution in [0, 0.1) is 0 Å². The highest BCUT2D eigenvalue weighted by atomic mass is 16.5. The van der Waals surface area contributed by atoms with Gasteiger partial charge in [-0.15, -0.1) is 0 Å². The number of hydrogen-bond donors (Lipinski definition) is 3. The Kier molecular flexibility index (Phi) is 7.46. The van der Waals surface area contributed by atoms with Crippen molar-refractivity contribution < 1.29 is 19.4 Å². The molecule has 160 valence electrons. The average molecular weight is 411 g/mol. The number of aliphatic carboxylic acids is 1. The van der Waals surface area contributed by atoms with Gasteiger partial charge in [-0.05, 0) is 48.1 Å². The van der Waals surface area contributed by atoms with Crippen LogP contribution in [0.2, 0.25) is 0 Å². The van der Waals surface area contributed by atoms with E-state index in [0.717, 1.165) is 35.2 Å². The van der Waals surface area contributed by atoms with Crippen molar-refractivity contribution in [2.45, 2.75) is 51.1 Å². The summed E-state index contributed by atoms with van der Waals surface area (Å²) in [7, 11) is 0. The second-order valence-corrected chi connectivity index (χ2v) is 7.97. The number of rotatable bonds is 10. The number of carbonyl (C=O) groups is 2. The number of ether oxygens (including phenoxy) is 1. The first kappa shape index (κ1) is 21.8. The van der Waals surface area contributed by atoms with Gasteiger partial charge in [0.15, 0.2) is 0 Å². The van der Waals surface area contributed by atoms with E-state index in [0.29, 0.717) is 18.9 Å². The number of benzene rings is 2. The van der Waals surface area contributed by atoms with E-state index in [1.807, 2.05) is 36.4 Å². The zero-order chi connectivity index (χ0) is 21.5.